The van der Waals surface area contributed by atoms with E-state index in [1.54, 1.807) is 6.07 Å². The van der Waals surface area contributed by atoms with Crippen molar-refractivity contribution in [2.75, 3.05) is 13.6 Å². The van der Waals surface area contributed by atoms with Gasteiger partial charge in [-0.05, 0) is 43.8 Å². The molecule has 0 aromatic heterocycles. The summed E-state index contributed by atoms with van der Waals surface area (Å²) in [5.41, 5.74) is 1.10. The van der Waals surface area contributed by atoms with Crippen LogP contribution in [-0.2, 0) is 6.42 Å². The standard InChI is InChI=1S/C9H11Cl2N/c1-12-5-4-7-6-8(10)2-3-9(7)11/h2-3,6,12H,4-5H2,1H3. The van der Waals surface area contributed by atoms with E-state index in [2.05, 4.69) is 5.32 Å². The highest BCUT2D eigenvalue weighted by Crippen LogP contribution is 2.20. The van der Waals surface area contributed by atoms with Crippen LogP contribution in [0.4, 0.5) is 0 Å². The zero-order chi connectivity index (χ0) is 8.97. The first kappa shape index (κ1) is 9.85. The monoisotopic (exact) mass is 203 g/mol. The normalized spacial score (nSPS) is 10.2. The van der Waals surface area contributed by atoms with Gasteiger partial charge >= 0.3 is 0 Å². The number of rotatable bonds is 3. The van der Waals surface area contributed by atoms with Crippen molar-refractivity contribution in [1.29, 1.82) is 0 Å². The van der Waals surface area contributed by atoms with Crippen LogP contribution < -0.4 is 5.32 Å². The summed E-state index contributed by atoms with van der Waals surface area (Å²) in [7, 11) is 1.92. The van der Waals surface area contributed by atoms with Crippen molar-refractivity contribution in [3.8, 4) is 0 Å². The van der Waals surface area contributed by atoms with E-state index < -0.39 is 0 Å². The molecule has 3 heteroatoms. The molecule has 0 atom stereocenters. The van der Waals surface area contributed by atoms with Crippen LogP contribution in [0.3, 0.4) is 0 Å². The Kier molecular flexibility index (Phi) is 3.86. The summed E-state index contributed by atoms with van der Waals surface area (Å²) in [6, 6.07) is 5.53. The molecule has 1 N–H and O–H groups in total. The summed E-state index contributed by atoms with van der Waals surface area (Å²) in [4.78, 5) is 0. The highest BCUT2D eigenvalue weighted by atomic mass is 35.5. The predicted molar refractivity (Wildman–Crippen MR) is 54.1 cm³/mol. The first-order valence-electron chi connectivity index (χ1n) is 3.82. The van der Waals surface area contributed by atoms with Crippen LogP contribution in [0.15, 0.2) is 18.2 Å². The van der Waals surface area contributed by atoms with Crippen LogP contribution in [0.2, 0.25) is 10.0 Å². The van der Waals surface area contributed by atoms with E-state index in [-0.39, 0.29) is 0 Å². The van der Waals surface area contributed by atoms with Crippen molar-refractivity contribution in [3.05, 3.63) is 33.8 Å². The minimum Gasteiger partial charge on any atom is -0.319 e. The van der Waals surface area contributed by atoms with E-state index in [0.717, 1.165) is 28.6 Å². The SMILES string of the molecule is CNCCc1cc(Cl)ccc1Cl. The van der Waals surface area contributed by atoms with Crippen molar-refractivity contribution >= 4 is 23.2 Å². The van der Waals surface area contributed by atoms with Crippen molar-refractivity contribution in [2.45, 2.75) is 6.42 Å². The maximum atomic E-state index is 5.95. The van der Waals surface area contributed by atoms with E-state index in [9.17, 15) is 0 Å². The van der Waals surface area contributed by atoms with Gasteiger partial charge in [-0.3, -0.25) is 0 Å². The average Bonchev–Trinajstić information content (AvgIpc) is 2.07. The van der Waals surface area contributed by atoms with Crippen molar-refractivity contribution in [2.24, 2.45) is 0 Å². The lowest BCUT2D eigenvalue weighted by atomic mass is 10.1. The molecule has 12 heavy (non-hydrogen) atoms. The Morgan fingerprint density at radius 3 is 2.75 bits per heavy atom. The Hall–Kier alpha value is -0.240. The molecule has 0 radical (unpaired) electrons. The summed E-state index contributed by atoms with van der Waals surface area (Å²) in [5.74, 6) is 0. The molecule has 0 saturated heterocycles. The van der Waals surface area contributed by atoms with Crippen LogP contribution in [0.5, 0.6) is 0 Å². The van der Waals surface area contributed by atoms with E-state index in [0.29, 0.717) is 0 Å². The topological polar surface area (TPSA) is 12.0 Å². The smallest absolute Gasteiger partial charge is 0.0439 e. The van der Waals surface area contributed by atoms with Gasteiger partial charge in [-0.1, -0.05) is 23.2 Å². The molecule has 0 amide bonds. The largest absolute Gasteiger partial charge is 0.319 e. The fourth-order valence-electron chi connectivity index (χ4n) is 0.995. The number of likely N-dealkylation sites (N-methyl/N-ethyl adjacent to an activating group) is 1. The Morgan fingerprint density at radius 2 is 2.08 bits per heavy atom. The first-order valence-corrected chi connectivity index (χ1v) is 4.58. The highest BCUT2D eigenvalue weighted by molar-refractivity contribution is 6.33. The third kappa shape index (κ3) is 2.67. The number of nitrogens with one attached hydrogen (secondary N) is 1. The predicted octanol–water partition coefficient (Wildman–Crippen LogP) is 2.76. The molecule has 1 aromatic carbocycles. The van der Waals surface area contributed by atoms with Gasteiger partial charge in [0.1, 0.15) is 0 Å². The molecule has 0 heterocycles. The number of halogens is 2. The lowest BCUT2D eigenvalue weighted by Gasteiger charge is -2.03. The summed E-state index contributed by atoms with van der Waals surface area (Å²) in [6.07, 6.45) is 0.913. The Morgan fingerprint density at radius 1 is 1.33 bits per heavy atom. The van der Waals surface area contributed by atoms with Crippen molar-refractivity contribution in [3.63, 3.8) is 0 Å². The fraction of sp³-hybridized carbons (Fsp3) is 0.333. The minimum atomic E-state index is 0.741. The number of benzene rings is 1. The summed E-state index contributed by atoms with van der Waals surface area (Å²) >= 11 is 11.8. The average molecular weight is 204 g/mol. The quantitative estimate of drug-likeness (QED) is 0.798. The van der Waals surface area contributed by atoms with Crippen molar-refractivity contribution in [1.82, 2.24) is 5.32 Å². The summed E-state index contributed by atoms with van der Waals surface area (Å²) in [6.45, 7) is 0.917. The van der Waals surface area contributed by atoms with Gasteiger partial charge in [0.25, 0.3) is 0 Å². The number of hydrogen-bond acceptors (Lipinski definition) is 1. The van der Waals surface area contributed by atoms with E-state index in [4.69, 9.17) is 23.2 Å². The second-order valence-electron chi connectivity index (χ2n) is 2.59. The van der Waals surface area contributed by atoms with E-state index in [1.807, 2.05) is 19.2 Å². The lowest BCUT2D eigenvalue weighted by molar-refractivity contribution is 0.792. The first-order chi connectivity index (χ1) is 5.74. The maximum absolute atomic E-state index is 5.95. The Balaban J connectivity index is 2.75. The third-order valence-corrected chi connectivity index (χ3v) is 2.26. The molecule has 66 valence electrons. The molecule has 0 aliphatic rings. The van der Waals surface area contributed by atoms with E-state index >= 15 is 0 Å². The molecule has 0 saturated carbocycles. The Labute approximate surface area is 82.7 Å². The van der Waals surface area contributed by atoms with Crippen molar-refractivity contribution < 1.29 is 0 Å². The van der Waals surface area contributed by atoms with Crippen LogP contribution in [-0.4, -0.2) is 13.6 Å². The molecule has 0 unspecified atom stereocenters. The minimum absolute atomic E-state index is 0.741. The fourth-order valence-corrected chi connectivity index (χ4v) is 1.40. The summed E-state index contributed by atoms with van der Waals surface area (Å²) < 4.78 is 0. The Bertz CT molecular complexity index is 261. The summed E-state index contributed by atoms with van der Waals surface area (Å²) in [5, 5.41) is 4.59. The molecular weight excluding hydrogens is 193 g/mol. The second-order valence-corrected chi connectivity index (χ2v) is 3.43. The van der Waals surface area contributed by atoms with Gasteiger partial charge in [0, 0.05) is 10.0 Å². The van der Waals surface area contributed by atoms with E-state index in [1.165, 1.54) is 0 Å². The van der Waals surface area contributed by atoms with Crippen LogP contribution >= 0.6 is 23.2 Å². The molecule has 0 bridgehead atoms. The molecule has 1 nitrogen and oxygen atoms in total. The molecule has 0 aliphatic heterocycles. The molecule has 0 fully saturated rings. The van der Waals surface area contributed by atoms with Gasteiger partial charge in [0.2, 0.25) is 0 Å². The van der Waals surface area contributed by atoms with Crippen LogP contribution in [0.25, 0.3) is 0 Å². The number of hydrogen-bond donors (Lipinski definition) is 1. The van der Waals surface area contributed by atoms with Gasteiger partial charge < -0.3 is 5.32 Å². The lowest BCUT2D eigenvalue weighted by Crippen LogP contribution is -2.10. The van der Waals surface area contributed by atoms with Gasteiger partial charge in [0.05, 0.1) is 0 Å². The van der Waals surface area contributed by atoms with Crippen LogP contribution in [0.1, 0.15) is 5.56 Å². The second kappa shape index (κ2) is 4.70. The van der Waals surface area contributed by atoms with Gasteiger partial charge in [0.15, 0.2) is 0 Å². The van der Waals surface area contributed by atoms with Crippen LogP contribution in [0, 0.1) is 0 Å². The molecular formula is C9H11Cl2N. The zero-order valence-electron chi connectivity index (χ0n) is 6.90. The zero-order valence-corrected chi connectivity index (χ0v) is 8.41. The molecule has 0 aliphatic carbocycles. The molecule has 0 spiro atoms. The molecule has 1 aromatic rings. The van der Waals surface area contributed by atoms with Gasteiger partial charge in [-0.2, -0.15) is 0 Å². The maximum Gasteiger partial charge on any atom is 0.0439 e. The van der Waals surface area contributed by atoms with Gasteiger partial charge in [-0.25, -0.2) is 0 Å². The highest BCUT2D eigenvalue weighted by Gasteiger charge is 1.99. The van der Waals surface area contributed by atoms with Gasteiger partial charge in [-0.15, -0.1) is 0 Å². The third-order valence-electron chi connectivity index (χ3n) is 1.65. The molecule has 1 rings (SSSR count).